The molecule has 0 aromatic heterocycles. The lowest BCUT2D eigenvalue weighted by molar-refractivity contribution is 0.454. The Bertz CT molecular complexity index is 1680. The van der Waals surface area contributed by atoms with Gasteiger partial charge in [-0.25, -0.2) is 0 Å². The van der Waals surface area contributed by atoms with E-state index in [2.05, 4.69) is 126 Å². The molecule has 0 aliphatic rings. The zero-order valence-electron chi connectivity index (χ0n) is 20.9. The van der Waals surface area contributed by atoms with Crippen LogP contribution in [0, 0.1) is 0 Å². The van der Waals surface area contributed by atoms with Gasteiger partial charge in [0.05, 0.1) is 0 Å². The lowest BCUT2D eigenvalue weighted by atomic mass is 10.0. The van der Waals surface area contributed by atoms with Crippen LogP contribution in [0.15, 0.2) is 146 Å². The van der Waals surface area contributed by atoms with Crippen LogP contribution in [0.25, 0.3) is 33.0 Å². The van der Waals surface area contributed by atoms with Crippen LogP contribution in [-0.4, -0.2) is 12.7 Å². The Morgan fingerprint density at radius 1 is 0.447 bits per heavy atom. The molecule has 6 aromatic carbocycles. The van der Waals surface area contributed by atoms with Crippen LogP contribution in [0.3, 0.4) is 0 Å². The van der Waals surface area contributed by atoms with Crippen molar-refractivity contribution >= 4 is 35.5 Å². The molecule has 38 heavy (non-hydrogen) atoms. The average Bonchev–Trinajstić information content (AvgIpc) is 2.98. The van der Waals surface area contributed by atoms with Gasteiger partial charge in [-0.15, -0.1) is 0 Å². The third-order valence-electron chi connectivity index (χ3n) is 6.73. The largest absolute Gasteiger partial charge is 0.539 e. The zero-order valence-corrected chi connectivity index (χ0v) is 20.9. The first kappa shape index (κ1) is 23.6. The molecule has 0 unspecified atom stereocenters. The van der Waals surface area contributed by atoms with Gasteiger partial charge in [0.25, 0.3) is 0 Å². The summed E-state index contributed by atoms with van der Waals surface area (Å²) < 4.78 is 5.40. The molecule has 1 N–H and O–H groups in total. The molecule has 0 radical (unpaired) electrons. The van der Waals surface area contributed by atoms with Crippen LogP contribution in [-0.2, 0) is 0 Å². The van der Waals surface area contributed by atoms with Gasteiger partial charge in [0.1, 0.15) is 5.75 Å². The fourth-order valence-corrected chi connectivity index (χ4v) is 4.86. The van der Waals surface area contributed by atoms with Gasteiger partial charge in [-0.1, -0.05) is 97.1 Å². The first-order chi connectivity index (χ1) is 18.8. The third kappa shape index (κ3) is 4.90. The highest BCUT2D eigenvalue weighted by Crippen LogP contribution is 2.38. The van der Waals surface area contributed by atoms with Crippen LogP contribution in [0.2, 0.25) is 0 Å². The molecule has 6 rings (SSSR count). The highest BCUT2D eigenvalue weighted by atomic mass is 16.5. The van der Waals surface area contributed by atoms with Crippen molar-refractivity contribution in [2.75, 3.05) is 4.90 Å². The molecule has 182 valence electrons. The van der Waals surface area contributed by atoms with Crippen molar-refractivity contribution in [1.29, 1.82) is 0 Å². The molecule has 0 aliphatic heterocycles. The summed E-state index contributed by atoms with van der Waals surface area (Å²) in [5.41, 5.74) is 7.66. The van der Waals surface area contributed by atoms with E-state index in [4.69, 9.17) is 4.65 Å². The maximum Gasteiger partial charge on any atom is 0.504 e. The van der Waals surface area contributed by atoms with Crippen molar-refractivity contribution in [3.8, 4) is 28.0 Å². The molecule has 0 saturated carbocycles. The number of hydrogen-bond acceptors (Lipinski definition) is 3. The summed E-state index contributed by atoms with van der Waals surface area (Å²) in [5, 5.41) is 11.8. The van der Waals surface area contributed by atoms with E-state index < -0.39 is 0 Å². The van der Waals surface area contributed by atoms with Gasteiger partial charge in [-0.2, -0.15) is 0 Å². The molecule has 0 bridgehead atoms. The van der Waals surface area contributed by atoms with E-state index in [1.54, 1.807) is 0 Å². The minimum absolute atomic E-state index is 0.368. The summed E-state index contributed by atoms with van der Waals surface area (Å²) in [7, 11) is -0.368. The monoisotopic (exact) mass is 491 g/mol. The van der Waals surface area contributed by atoms with Crippen LogP contribution in [0.4, 0.5) is 17.1 Å². The smallest absolute Gasteiger partial charge is 0.504 e. The number of nitrogens with zero attached hydrogens (tertiary/aromatic N) is 1. The van der Waals surface area contributed by atoms with Crippen LogP contribution in [0.5, 0.6) is 5.75 Å². The summed E-state index contributed by atoms with van der Waals surface area (Å²) in [6, 6.07) is 50.4. The van der Waals surface area contributed by atoms with Crippen molar-refractivity contribution in [2.24, 2.45) is 0 Å². The van der Waals surface area contributed by atoms with E-state index in [1.807, 2.05) is 24.3 Å². The average molecular weight is 491 g/mol. The van der Waals surface area contributed by atoms with Gasteiger partial charge in [-0.3, -0.25) is 0 Å². The molecule has 0 heterocycles. The topological polar surface area (TPSA) is 32.7 Å². The number of rotatable bonds is 7. The predicted octanol–water partition coefficient (Wildman–Crippen LogP) is 8.28. The minimum atomic E-state index is -0.368. The van der Waals surface area contributed by atoms with E-state index in [-0.39, 0.29) is 7.69 Å². The summed E-state index contributed by atoms with van der Waals surface area (Å²) in [4.78, 5) is 2.21. The van der Waals surface area contributed by atoms with Gasteiger partial charge < -0.3 is 14.6 Å². The maximum atomic E-state index is 9.31. The Kier molecular flexibility index (Phi) is 6.63. The zero-order chi connectivity index (χ0) is 25.7. The number of hydrogen-bond donors (Lipinski definition) is 1. The summed E-state index contributed by atoms with van der Waals surface area (Å²) in [6.45, 7) is 0. The molecule has 0 fully saturated rings. The molecule has 4 heteroatoms. The van der Waals surface area contributed by atoms with Gasteiger partial charge >= 0.3 is 7.69 Å². The SMILES string of the molecule is OBOc1cccc(N(c2ccc(-c3ccc4ccccc4c3)cc2)c2cccc(-c3ccccc3)c2)c1. The quantitative estimate of drug-likeness (QED) is 0.228. The number of benzene rings is 6. The van der Waals surface area contributed by atoms with Crippen molar-refractivity contribution in [2.45, 2.75) is 0 Å². The van der Waals surface area contributed by atoms with Crippen molar-refractivity contribution < 1.29 is 9.68 Å². The summed E-state index contributed by atoms with van der Waals surface area (Å²) in [5.74, 6) is 0.613. The third-order valence-corrected chi connectivity index (χ3v) is 6.73. The van der Waals surface area contributed by atoms with E-state index in [9.17, 15) is 5.02 Å². The Labute approximate surface area is 223 Å². The van der Waals surface area contributed by atoms with E-state index >= 15 is 0 Å². The van der Waals surface area contributed by atoms with E-state index in [0.717, 1.165) is 28.2 Å². The normalized spacial score (nSPS) is 10.8. The van der Waals surface area contributed by atoms with E-state index in [0.29, 0.717) is 5.75 Å². The molecule has 0 saturated heterocycles. The first-order valence-electron chi connectivity index (χ1n) is 12.7. The molecule has 3 nitrogen and oxygen atoms in total. The van der Waals surface area contributed by atoms with Crippen LogP contribution < -0.4 is 9.55 Å². The second kappa shape index (κ2) is 10.7. The lowest BCUT2D eigenvalue weighted by Gasteiger charge is -2.26. The highest BCUT2D eigenvalue weighted by molar-refractivity contribution is 6.17. The van der Waals surface area contributed by atoms with Crippen molar-refractivity contribution in [1.82, 2.24) is 0 Å². The van der Waals surface area contributed by atoms with Gasteiger partial charge in [0.2, 0.25) is 0 Å². The molecule has 0 atom stereocenters. The molecule has 0 aliphatic carbocycles. The van der Waals surface area contributed by atoms with Gasteiger partial charge in [-0.05, 0) is 75.5 Å². The second-order valence-electron chi connectivity index (χ2n) is 9.13. The Morgan fingerprint density at radius 2 is 1.05 bits per heavy atom. The molecule has 0 amide bonds. The first-order valence-corrected chi connectivity index (χ1v) is 12.7. The molecular formula is C34H26BNO2. The standard InChI is InChI=1S/C34H26BNO2/c37-35-38-34-15-7-14-33(24-34)36(32-13-6-12-29(23-32)25-8-2-1-3-9-25)31-20-18-27(19-21-31)30-17-16-26-10-4-5-11-28(26)22-30/h1-24,35,37H. The van der Waals surface area contributed by atoms with Crippen LogP contribution in [0.1, 0.15) is 0 Å². The summed E-state index contributed by atoms with van der Waals surface area (Å²) >= 11 is 0. The molecule has 0 spiro atoms. The van der Waals surface area contributed by atoms with E-state index in [1.165, 1.54) is 21.9 Å². The maximum absolute atomic E-state index is 9.31. The van der Waals surface area contributed by atoms with Crippen molar-refractivity contribution in [3.05, 3.63) is 146 Å². The van der Waals surface area contributed by atoms with Gasteiger partial charge in [0.15, 0.2) is 0 Å². The Balaban J connectivity index is 1.42. The number of fused-ring (bicyclic) bond motifs is 1. The second-order valence-corrected chi connectivity index (χ2v) is 9.13. The highest BCUT2D eigenvalue weighted by Gasteiger charge is 2.15. The Hall–Kier alpha value is -4.80. The summed E-state index contributed by atoms with van der Waals surface area (Å²) in [6.07, 6.45) is 0. The fourth-order valence-electron chi connectivity index (χ4n) is 4.86. The fraction of sp³-hybridized carbons (Fsp3) is 0. The lowest BCUT2D eigenvalue weighted by Crippen LogP contribution is -2.10. The van der Waals surface area contributed by atoms with Gasteiger partial charge in [0, 0.05) is 23.1 Å². The predicted molar refractivity (Wildman–Crippen MR) is 159 cm³/mol. The molecular weight excluding hydrogens is 465 g/mol. The van der Waals surface area contributed by atoms with Crippen LogP contribution >= 0.6 is 0 Å². The molecule has 6 aromatic rings. The Morgan fingerprint density at radius 3 is 1.84 bits per heavy atom. The number of anilines is 3. The van der Waals surface area contributed by atoms with Crippen molar-refractivity contribution in [3.63, 3.8) is 0 Å². The minimum Gasteiger partial charge on any atom is -0.539 e.